The number of amides is 1. The molecule has 5 heteroatoms. The second-order valence-electron chi connectivity index (χ2n) is 5.36. The second kappa shape index (κ2) is 6.18. The molecule has 3 nitrogen and oxygen atoms in total. The molecule has 0 saturated carbocycles. The molecule has 2 aromatic rings. The van der Waals surface area contributed by atoms with E-state index in [0.29, 0.717) is 15.0 Å². The first-order valence-electron chi connectivity index (χ1n) is 7.10. The predicted octanol–water partition coefficient (Wildman–Crippen LogP) is 4.41. The lowest BCUT2D eigenvalue weighted by Crippen LogP contribution is -2.27. The molecular weight excluding hydrogens is 326 g/mol. The highest BCUT2D eigenvalue weighted by Crippen LogP contribution is 2.36. The van der Waals surface area contributed by atoms with Gasteiger partial charge in [0.1, 0.15) is 5.75 Å². The fourth-order valence-corrected chi connectivity index (χ4v) is 3.79. The first kappa shape index (κ1) is 15.8. The standard InChI is InChI=1S/C18H15NO2S2/c1-11-8-13(9-12(2)16(11)20)10-15-17(21)19(18(22)23-15)14-6-4-3-5-7-14/h3-10,20H,1-2H3/b15-10-. The van der Waals surface area contributed by atoms with Crippen molar-refractivity contribution in [2.24, 2.45) is 0 Å². The van der Waals surface area contributed by atoms with Gasteiger partial charge in [-0.2, -0.15) is 0 Å². The topological polar surface area (TPSA) is 40.5 Å². The first-order valence-corrected chi connectivity index (χ1v) is 8.33. The number of carbonyl (C=O) groups is 1. The maximum absolute atomic E-state index is 12.7. The lowest BCUT2D eigenvalue weighted by Gasteiger charge is -2.13. The Kier molecular flexibility index (Phi) is 4.24. The molecule has 1 fully saturated rings. The van der Waals surface area contributed by atoms with Gasteiger partial charge in [-0.3, -0.25) is 9.69 Å². The minimum absolute atomic E-state index is 0.116. The molecule has 1 heterocycles. The first-order chi connectivity index (χ1) is 11.0. The molecule has 0 aromatic heterocycles. The number of phenols is 1. The number of phenolic OH excluding ortho intramolecular Hbond substituents is 1. The highest BCUT2D eigenvalue weighted by atomic mass is 32.2. The Balaban J connectivity index is 1.96. The molecule has 3 rings (SSSR count). The van der Waals surface area contributed by atoms with Crippen LogP contribution in [-0.2, 0) is 4.79 Å². The van der Waals surface area contributed by atoms with Crippen LogP contribution in [-0.4, -0.2) is 15.3 Å². The van der Waals surface area contributed by atoms with Gasteiger partial charge in [-0.1, -0.05) is 42.2 Å². The molecule has 116 valence electrons. The van der Waals surface area contributed by atoms with E-state index in [4.69, 9.17) is 12.2 Å². The maximum Gasteiger partial charge on any atom is 0.270 e. The van der Waals surface area contributed by atoms with Crippen molar-refractivity contribution in [2.75, 3.05) is 4.90 Å². The second-order valence-corrected chi connectivity index (χ2v) is 7.03. The quantitative estimate of drug-likeness (QED) is 0.649. The highest BCUT2D eigenvalue weighted by molar-refractivity contribution is 8.27. The van der Waals surface area contributed by atoms with Crippen molar-refractivity contribution >= 4 is 46.0 Å². The Morgan fingerprint density at radius 1 is 1.13 bits per heavy atom. The van der Waals surface area contributed by atoms with E-state index in [9.17, 15) is 9.90 Å². The Morgan fingerprint density at radius 3 is 2.35 bits per heavy atom. The van der Waals surface area contributed by atoms with E-state index in [1.54, 1.807) is 4.90 Å². The summed E-state index contributed by atoms with van der Waals surface area (Å²) in [5, 5.41) is 9.85. The molecule has 0 radical (unpaired) electrons. The number of nitrogens with zero attached hydrogens (tertiary/aromatic N) is 1. The van der Waals surface area contributed by atoms with Crippen molar-refractivity contribution in [1.29, 1.82) is 0 Å². The van der Waals surface area contributed by atoms with E-state index in [2.05, 4.69) is 0 Å². The molecule has 0 aliphatic carbocycles. The van der Waals surface area contributed by atoms with Crippen LogP contribution in [0.2, 0.25) is 0 Å². The number of benzene rings is 2. The van der Waals surface area contributed by atoms with Gasteiger partial charge in [-0.15, -0.1) is 0 Å². The number of thioether (sulfide) groups is 1. The van der Waals surface area contributed by atoms with Crippen LogP contribution in [0.3, 0.4) is 0 Å². The lowest BCUT2D eigenvalue weighted by atomic mass is 10.1. The monoisotopic (exact) mass is 341 g/mol. The van der Waals surface area contributed by atoms with Gasteiger partial charge in [-0.05, 0) is 60.9 Å². The number of hydrogen-bond acceptors (Lipinski definition) is 4. The molecule has 2 aromatic carbocycles. The molecule has 1 aliphatic rings. The molecule has 0 atom stereocenters. The molecule has 0 spiro atoms. The summed E-state index contributed by atoms with van der Waals surface area (Å²) >= 11 is 6.65. The number of anilines is 1. The number of thiocarbonyl (C=S) groups is 1. The highest BCUT2D eigenvalue weighted by Gasteiger charge is 2.33. The number of para-hydroxylation sites is 1. The summed E-state index contributed by atoms with van der Waals surface area (Å²) in [7, 11) is 0. The van der Waals surface area contributed by atoms with Crippen LogP contribution < -0.4 is 4.90 Å². The SMILES string of the molecule is Cc1cc(/C=C2\SC(=S)N(c3ccccc3)C2=O)cc(C)c1O. The number of aromatic hydroxyl groups is 1. The normalized spacial score (nSPS) is 16.4. The van der Waals surface area contributed by atoms with Crippen LogP contribution in [0.5, 0.6) is 5.75 Å². The Morgan fingerprint density at radius 2 is 1.74 bits per heavy atom. The summed E-state index contributed by atoms with van der Waals surface area (Å²) < 4.78 is 0.527. The van der Waals surface area contributed by atoms with Gasteiger partial charge in [-0.25, -0.2) is 0 Å². The van der Waals surface area contributed by atoms with Crippen LogP contribution in [0.4, 0.5) is 5.69 Å². The van der Waals surface area contributed by atoms with Gasteiger partial charge < -0.3 is 5.11 Å². The Bertz CT molecular complexity index is 805. The fraction of sp³-hybridized carbons (Fsp3) is 0.111. The minimum Gasteiger partial charge on any atom is -0.507 e. The summed E-state index contributed by atoms with van der Waals surface area (Å²) in [6.07, 6.45) is 1.82. The third kappa shape index (κ3) is 3.02. The van der Waals surface area contributed by atoms with E-state index >= 15 is 0 Å². The van der Waals surface area contributed by atoms with E-state index in [1.807, 2.05) is 62.4 Å². The average molecular weight is 341 g/mol. The zero-order valence-corrected chi connectivity index (χ0v) is 14.4. The largest absolute Gasteiger partial charge is 0.507 e. The fourth-order valence-electron chi connectivity index (χ4n) is 2.49. The van der Waals surface area contributed by atoms with Gasteiger partial charge in [0.15, 0.2) is 4.32 Å². The van der Waals surface area contributed by atoms with Crippen LogP contribution in [0.15, 0.2) is 47.4 Å². The number of carbonyl (C=O) groups excluding carboxylic acids is 1. The molecular formula is C18H15NO2S2. The van der Waals surface area contributed by atoms with Crippen LogP contribution in [0.25, 0.3) is 6.08 Å². The van der Waals surface area contributed by atoms with E-state index in [-0.39, 0.29) is 5.91 Å². The third-order valence-electron chi connectivity index (χ3n) is 3.62. The Labute approximate surface area is 144 Å². The van der Waals surface area contributed by atoms with Gasteiger partial charge in [0, 0.05) is 0 Å². The van der Waals surface area contributed by atoms with Crippen molar-refractivity contribution in [3.63, 3.8) is 0 Å². The van der Waals surface area contributed by atoms with Crippen molar-refractivity contribution in [2.45, 2.75) is 13.8 Å². The van der Waals surface area contributed by atoms with Crippen LogP contribution >= 0.6 is 24.0 Å². The number of aryl methyl sites for hydroxylation is 2. The molecule has 0 bridgehead atoms. The maximum atomic E-state index is 12.7. The smallest absolute Gasteiger partial charge is 0.270 e. The van der Waals surface area contributed by atoms with Crippen molar-refractivity contribution in [3.05, 3.63) is 64.1 Å². The summed E-state index contributed by atoms with van der Waals surface area (Å²) in [6.45, 7) is 3.68. The minimum atomic E-state index is -0.116. The summed E-state index contributed by atoms with van der Waals surface area (Å²) in [4.78, 5) is 14.8. The van der Waals surface area contributed by atoms with Gasteiger partial charge in [0.2, 0.25) is 0 Å². The molecule has 1 saturated heterocycles. The lowest BCUT2D eigenvalue weighted by molar-refractivity contribution is -0.113. The molecule has 1 amide bonds. The zero-order valence-electron chi connectivity index (χ0n) is 12.7. The van der Waals surface area contributed by atoms with Crippen LogP contribution in [0, 0.1) is 13.8 Å². The molecule has 1 N–H and O–H groups in total. The van der Waals surface area contributed by atoms with E-state index in [1.165, 1.54) is 11.8 Å². The van der Waals surface area contributed by atoms with Gasteiger partial charge in [0.05, 0.1) is 10.6 Å². The van der Waals surface area contributed by atoms with Crippen molar-refractivity contribution in [3.8, 4) is 5.75 Å². The zero-order chi connectivity index (χ0) is 16.6. The van der Waals surface area contributed by atoms with Crippen molar-refractivity contribution in [1.82, 2.24) is 0 Å². The molecule has 1 aliphatic heterocycles. The average Bonchev–Trinajstić information content (AvgIpc) is 2.80. The van der Waals surface area contributed by atoms with E-state index in [0.717, 1.165) is 22.4 Å². The van der Waals surface area contributed by atoms with E-state index < -0.39 is 0 Å². The Hall–Kier alpha value is -2.11. The number of rotatable bonds is 2. The van der Waals surface area contributed by atoms with Crippen LogP contribution in [0.1, 0.15) is 16.7 Å². The van der Waals surface area contributed by atoms with Crippen molar-refractivity contribution < 1.29 is 9.90 Å². The summed E-state index contributed by atoms with van der Waals surface area (Å²) in [6, 6.07) is 13.1. The third-order valence-corrected chi connectivity index (χ3v) is 4.92. The van der Waals surface area contributed by atoms with Gasteiger partial charge >= 0.3 is 0 Å². The summed E-state index contributed by atoms with van der Waals surface area (Å²) in [5.41, 5.74) is 3.23. The molecule has 23 heavy (non-hydrogen) atoms. The summed E-state index contributed by atoms with van der Waals surface area (Å²) in [5.74, 6) is 0.175. The molecule has 0 unspecified atom stereocenters. The predicted molar refractivity (Wildman–Crippen MR) is 99.7 cm³/mol. The number of hydrogen-bond donors (Lipinski definition) is 1. The van der Waals surface area contributed by atoms with Gasteiger partial charge in [0.25, 0.3) is 5.91 Å².